The third-order valence-corrected chi connectivity index (χ3v) is 11.5. The van der Waals surface area contributed by atoms with Gasteiger partial charge in [-0.15, -0.1) is 0 Å². The predicted octanol–water partition coefficient (Wildman–Crippen LogP) is 5.10. The Morgan fingerprint density at radius 1 is 1.27 bits per heavy atom. The Morgan fingerprint density at radius 2 is 1.87 bits per heavy atom. The number of hydrogen-bond donors (Lipinski definition) is 1. The first-order chi connectivity index (χ1) is 14.0. The van der Waals surface area contributed by atoms with Gasteiger partial charge in [-0.05, 0) is 47.5 Å². The number of esters is 1. The molecule has 0 aromatic heterocycles. The van der Waals surface area contributed by atoms with Crippen molar-refractivity contribution in [3.63, 3.8) is 0 Å². The van der Waals surface area contributed by atoms with Crippen molar-refractivity contribution < 1.29 is 28.6 Å². The molecular weight excluding hydrogens is 400 g/mol. The molecule has 4 unspecified atom stereocenters. The third kappa shape index (κ3) is 7.06. The van der Waals surface area contributed by atoms with Crippen molar-refractivity contribution in [1.82, 2.24) is 0 Å². The molecular formula is C23H40O6Si. The first-order valence-corrected chi connectivity index (χ1v) is 13.4. The van der Waals surface area contributed by atoms with Crippen LogP contribution >= 0.6 is 0 Å². The van der Waals surface area contributed by atoms with Crippen LogP contribution in [0.2, 0.25) is 17.6 Å². The number of ether oxygens (including phenoxy) is 2. The summed E-state index contributed by atoms with van der Waals surface area (Å²) in [6.07, 6.45) is -0.557. The van der Waals surface area contributed by atoms with Gasteiger partial charge in [-0.1, -0.05) is 47.8 Å². The zero-order valence-corrected chi connectivity index (χ0v) is 20.5. The summed E-state index contributed by atoms with van der Waals surface area (Å²) >= 11 is 0. The minimum Gasteiger partial charge on any atom is -0.479 e. The molecule has 172 valence electrons. The van der Waals surface area contributed by atoms with E-state index in [-0.39, 0.29) is 6.42 Å². The standard InChI is InChI=1S/C23H40O6Si/c1-9-30(10-2,15(3)4)27-12-11-16(5)13-17(6)21-20(28-19(8)24)14-18(7)22(29-21)23(25)26/h15-16,20-22H,6-7,9-14H2,1-5,8H3,(H,25,26). The van der Waals surface area contributed by atoms with E-state index in [0.717, 1.165) is 24.1 Å². The van der Waals surface area contributed by atoms with Crippen molar-refractivity contribution in [3.05, 3.63) is 24.3 Å². The fourth-order valence-corrected chi connectivity index (χ4v) is 7.68. The second-order valence-electron chi connectivity index (χ2n) is 8.82. The summed E-state index contributed by atoms with van der Waals surface area (Å²) in [6.45, 7) is 21.1. The van der Waals surface area contributed by atoms with Crippen LogP contribution in [0.1, 0.15) is 60.8 Å². The Bertz CT molecular complexity index is 625. The molecule has 0 aromatic rings. The molecule has 1 rings (SSSR count). The zero-order chi connectivity index (χ0) is 23.1. The van der Waals surface area contributed by atoms with Gasteiger partial charge < -0.3 is 19.0 Å². The number of carbonyl (C=O) groups is 2. The quantitative estimate of drug-likeness (QED) is 0.258. The summed E-state index contributed by atoms with van der Waals surface area (Å²) in [6, 6.07) is 2.23. The summed E-state index contributed by atoms with van der Waals surface area (Å²) in [7, 11) is -1.70. The molecule has 0 saturated carbocycles. The molecule has 0 aliphatic carbocycles. The normalized spacial score (nSPS) is 23.3. The number of aliphatic carboxylic acids is 1. The third-order valence-electron chi connectivity index (χ3n) is 6.26. The predicted molar refractivity (Wildman–Crippen MR) is 121 cm³/mol. The molecule has 0 bridgehead atoms. The lowest BCUT2D eigenvalue weighted by Crippen LogP contribution is -2.46. The van der Waals surface area contributed by atoms with Crippen molar-refractivity contribution in [2.24, 2.45) is 5.92 Å². The van der Waals surface area contributed by atoms with E-state index < -0.39 is 38.6 Å². The van der Waals surface area contributed by atoms with E-state index in [1.54, 1.807) is 0 Å². The molecule has 0 amide bonds. The highest BCUT2D eigenvalue weighted by Crippen LogP contribution is 2.33. The van der Waals surface area contributed by atoms with Crippen molar-refractivity contribution in [3.8, 4) is 0 Å². The van der Waals surface area contributed by atoms with E-state index >= 15 is 0 Å². The first-order valence-electron chi connectivity index (χ1n) is 11.0. The lowest BCUT2D eigenvalue weighted by atomic mass is 9.88. The fourth-order valence-electron chi connectivity index (χ4n) is 4.28. The summed E-state index contributed by atoms with van der Waals surface area (Å²) in [4.78, 5) is 23.0. The van der Waals surface area contributed by atoms with Gasteiger partial charge in [-0.25, -0.2) is 4.79 Å². The Balaban J connectivity index is 2.73. The zero-order valence-electron chi connectivity index (χ0n) is 19.5. The Kier molecular flexibility index (Phi) is 10.5. The van der Waals surface area contributed by atoms with Crippen molar-refractivity contribution in [2.45, 2.75) is 96.7 Å². The van der Waals surface area contributed by atoms with Crippen LogP contribution in [-0.4, -0.2) is 50.3 Å². The van der Waals surface area contributed by atoms with Gasteiger partial charge >= 0.3 is 11.9 Å². The smallest absolute Gasteiger partial charge is 0.337 e. The largest absolute Gasteiger partial charge is 0.479 e. The Hall–Kier alpha value is -1.44. The van der Waals surface area contributed by atoms with Gasteiger partial charge in [0.25, 0.3) is 0 Å². The maximum absolute atomic E-state index is 11.5. The van der Waals surface area contributed by atoms with Gasteiger partial charge in [-0.3, -0.25) is 4.79 Å². The van der Waals surface area contributed by atoms with Crippen LogP contribution in [0.3, 0.4) is 0 Å². The van der Waals surface area contributed by atoms with Crippen molar-refractivity contribution in [2.75, 3.05) is 6.61 Å². The molecule has 1 N–H and O–H groups in total. The van der Waals surface area contributed by atoms with Crippen LogP contribution in [0.25, 0.3) is 0 Å². The van der Waals surface area contributed by atoms with Gasteiger partial charge in [0, 0.05) is 20.0 Å². The Labute approximate surface area is 182 Å². The summed E-state index contributed by atoms with van der Waals surface area (Å²) in [5.41, 5.74) is 1.72. The summed E-state index contributed by atoms with van der Waals surface area (Å²) in [5.74, 6) is -1.23. The van der Waals surface area contributed by atoms with Gasteiger partial charge in [0.1, 0.15) is 12.2 Å². The minimum atomic E-state index is -1.70. The molecule has 30 heavy (non-hydrogen) atoms. The number of carbonyl (C=O) groups excluding carboxylic acids is 1. The maximum Gasteiger partial charge on any atom is 0.337 e. The van der Waals surface area contributed by atoms with E-state index in [9.17, 15) is 14.7 Å². The Morgan fingerprint density at radius 3 is 2.33 bits per heavy atom. The molecule has 4 atom stereocenters. The SMILES string of the molecule is C=C1CC(OC(C)=O)C(C(=C)CC(C)CCO[Si](CC)(CC)C(C)C)OC1C(=O)O. The lowest BCUT2D eigenvalue weighted by molar-refractivity contribution is -0.168. The molecule has 0 radical (unpaired) electrons. The number of rotatable bonds is 12. The number of hydrogen-bond acceptors (Lipinski definition) is 5. The average molecular weight is 441 g/mol. The highest BCUT2D eigenvalue weighted by molar-refractivity contribution is 6.74. The van der Waals surface area contributed by atoms with E-state index in [0.29, 0.717) is 30.1 Å². The number of carboxylic acid groups (broad SMARTS) is 1. The monoisotopic (exact) mass is 440 g/mol. The molecule has 1 aliphatic rings. The molecule has 1 saturated heterocycles. The summed E-state index contributed by atoms with van der Waals surface area (Å²) in [5, 5.41) is 9.41. The van der Waals surface area contributed by atoms with Gasteiger partial charge in [0.15, 0.2) is 14.4 Å². The first kappa shape index (κ1) is 26.6. The van der Waals surface area contributed by atoms with Gasteiger partial charge in [-0.2, -0.15) is 0 Å². The molecule has 1 heterocycles. The topological polar surface area (TPSA) is 82.1 Å². The van der Waals surface area contributed by atoms with Crippen LogP contribution in [0.5, 0.6) is 0 Å². The maximum atomic E-state index is 11.5. The molecule has 1 aliphatic heterocycles. The second kappa shape index (κ2) is 11.8. The minimum absolute atomic E-state index is 0.257. The lowest BCUT2D eigenvalue weighted by Gasteiger charge is -2.37. The van der Waals surface area contributed by atoms with E-state index in [2.05, 4.69) is 47.8 Å². The molecule has 0 spiro atoms. The number of carboxylic acids is 1. The molecule has 6 nitrogen and oxygen atoms in total. The second-order valence-corrected chi connectivity index (χ2v) is 13.8. The van der Waals surface area contributed by atoms with E-state index in [1.807, 2.05) is 0 Å². The van der Waals surface area contributed by atoms with Gasteiger partial charge in [0.05, 0.1) is 0 Å². The van der Waals surface area contributed by atoms with Crippen molar-refractivity contribution in [1.29, 1.82) is 0 Å². The van der Waals surface area contributed by atoms with E-state index in [4.69, 9.17) is 13.9 Å². The highest BCUT2D eigenvalue weighted by Gasteiger charge is 2.40. The molecule has 1 fully saturated rings. The molecule has 0 aromatic carbocycles. The highest BCUT2D eigenvalue weighted by atomic mass is 28.4. The van der Waals surface area contributed by atoms with Gasteiger partial charge in [0.2, 0.25) is 0 Å². The fraction of sp³-hybridized carbons (Fsp3) is 0.739. The van der Waals surface area contributed by atoms with E-state index in [1.165, 1.54) is 6.92 Å². The van der Waals surface area contributed by atoms with Crippen LogP contribution < -0.4 is 0 Å². The van der Waals surface area contributed by atoms with Crippen LogP contribution in [-0.2, 0) is 23.5 Å². The average Bonchev–Trinajstić information content (AvgIpc) is 2.64. The summed E-state index contributed by atoms with van der Waals surface area (Å²) < 4.78 is 17.6. The van der Waals surface area contributed by atoms with Crippen LogP contribution in [0.4, 0.5) is 0 Å². The van der Waals surface area contributed by atoms with Crippen molar-refractivity contribution >= 4 is 20.3 Å². The molecule has 7 heteroatoms. The van der Waals surface area contributed by atoms with Crippen LogP contribution in [0.15, 0.2) is 24.3 Å². The van der Waals surface area contributed by atoms with Crippen LogP contribution in [0, 0.1) is 5.92 Å².